The number of carbonyl (C=O) groups excluding carboxylic acids is 1. The van der Waals surface area contributed by atoms with Crippen LogP contribution in [0, 0.1) is 11.0 Å². The van der Waals surface area contributed by atoms with E-state index in [4.69, 9.17) is 10.8 Å². The number of hydrogen-bond acceptors (Lipinski definition) is 5. The molecule has 1 atom stereocenters. The molecule has 1 aromatic rings. The SMILES string of the molecule is CC[N+]1([O-])C=C(C(=O)O)C(=O)c2c(SCCN)ccc(F)c21.[H-].[Na+]. The molecule has 0 saturated carbocycles. The van der Waals surface area contributed by atoms with Gasteiger partial charge in [0.05, 0.1) is 6.54 Å². The van der Waals surface area contributed by atoms with Gasteiger partial charge in [0.2, 0.25) is 5.78 Å². The summed E-state index contributed by atoms with van der Waals surface area (Å²) in [5.41, 5.74) is 4.28. The Labute approximate surface area is 160 Å². The summed E-state index contributed by atoms with van der Waals surface area (Å²) in [6, 6.07) is 2.49. The molecule has 2 rings (SSSR count). The van der Waals surface area contributed by atoms with Crippen LogP contribution in [0.2, 0.25) is 0 Å². The zero-order valence-corrected chi connectivity index (χ0v) is 15.7. The third kappa shape index (κ3) is 3.69. The van der Waals surface area contributed by atoms with Crippen molar-refractivity contribution in [3.05, 3.63) is 40.5 Å². The minimum absolute atomic E-state index is 0. The van der Waals surface area contributed by atoms with Crippen LogP contribution in [0.1, 0.15) is 18.7 Å². The number of benzene rings is 1. The number of aliphatic carboxylic acids is 1. The molecule has 1 aliphatic heterocycles. The molecule has 0 aliphatic carbocycles. The first-order valence-electron chi connectivity index (χ1n) is 6.61. The van der Waals surface area contributed by atoms with Crippen molar-refractivity contribution < 1.29 is 50.1 Å². The van der Waals surface area contributed by atoms with Gasteiger partial charge in [0.25, 0.3) is 0 Å². The van der Waals surface area contributed by atoms with Crippen molar-refractivity contribution in [2.24, 2.45) is 5.73 Å². The Kier molecular flexibility index (Phi) is 6.96. The van der Waals surface area contributed by atoms with Crippen LogP contribution in [-0.2, 0) is 4.79 Å². The molecule has 0 fully saturated rings. The average molecular weight is 350 g/mol. The van der Waals surface area contributed by atoms with Crippen molar-refractivity contribution >= 4 is 29.2 Å². The standard InChI is InChI=1S/C14H15FN2O4S.Na.H/c1-2-17(21)7-8(14(19)20)13(18)11-10(22-6-5-16)4-3-9(15)12(11)17;;/h3-4,7H,2,5-6,16H2,1H3,(H,19,20);;/q;+1;-1. The second-order valence-corrected chi connectivity index (χ2v) is 5.83. The Balaban J connectivity index is 0.00000264. The van der Waals surface area contributed by atoms with E-state index in [1.54, 1.807) is 0 Å². The first kappa shape index (κ1) is 20.3. The topological polar surface area (TPSA) is 103 Å². The zero-order chi connectivity index (χ0) is 16.5. The summed E-state index contributed by atoms with van der Waals surface area (Å²) in [7, 11) is 0. The van der Waals surface area contributed by atoms with Gasteiger partial charge in [0, 0.05) is 17.2 Å². The molecule has 0 bridgehead atoms. The normalized spacial score (nSPS) is 19.7. The van der Waals surface area contributed by atoms with Gasteiger partial charge in [-0.2, -0.15) is 0 Å². The monoisotopic (exact) mass is 350 g/mol. The van der Waals surface area contributed by atoms with E-state index < -0.39 is 27.8 Å². The molecule has 1 aliphatic rings. The van der Waals surface area contributed by atoms with Gasteiger partial charge in [0.1, 0.15) is 11.8 Å². The van der Waals surface area contributed by atoms with Gasteiger partial charge in [-0.1, -0.05) is 0 Å². The second kappa shape index (κ2) is 7.89. The molecule has 1 aromatic carbocycles. The fourth-order valence-electron chi connectivity index (χ4n) is 2.29. The van der Waals surface area contributed by atoms with E-state index in [1.807, 2.05) is 0 Å². The van der Waals surface area contributed by atoms with Gasteiger partial charge in [-0.15, -0.1) is 11.8 Å². The fraction of sp³-hybridized carbons (Fsp3) is 0.286. The Morgan fingerprint density at radius 2 is 2.17 bits per heavy atom. The van der Waals surface area contributed by atoms with E-state index in [1.165, 1.54) is 24.8 Å². The number of hydrogen-bond donors (Lipinski definition) is 2. The summed E-state index contributed by atoms with van der Waals surface area (Å²) in [5, 5.41) is 21.9. The van der Waals surface area contributed by atoms with Gasteiger partial charge in [-0.3, -0.25) is 9.44 Å². The van der Waals surface area contributed by atoms with E-state index in [9.17, 15) is 19.2 Å². The molecule has 3 N–H and O–H groups in total. The average Bonchev–Trinajstić information content (AvgIpc) is 2.49. The molecule has 120 valence electrons. The van der Waals surface area contributed by atoms with E-state index in [0.29, 0.717) is 17.2 Å². The Bertz CT molecular complexity index is 689. The Hall–Kier alpha value is -0.740. The fourth-order valence-corrected chi connectivity index (χ4v) is 3.13. The summed E-state index contributed by atoms with van der Waals surface area (Å²) in [5.74, 6) is -2.71. The van der Waals surface area contributed by atoms with Crippen molar-refractivity contribution in [2.45, 2.75) is 11.8 Å². The number of nitrogens with two attached hydrogens (primary N) is 1. The maximum atomic E-state index is 14.2. The number of quaternary nitrogens is 1. The quantitative estimate of drug-likeness (QED) is 0.232. The van der Waals surface area contributed by atoms with Gasteiger partial charge < -0.3 is 17.5 Å². The molecule has 0 amide bonds. The molecule has 0 spiro atoms. The second-order valence-electron chi connectivity index (χ2n) is 4.70. The van der Waals surface area contributed by atoms with Crippen molar-refractivity contribution in [3.63, 3.8) is 0 Å². The van der Waals surface area contributed by atoms with Gasteiger partial charge >= 0.3 is 35.5 Å². The smallest absolute Gasteiger partial charge is 1.00 e. The Morgan fingerprint density at radius 1 is 1.52 bits per heavy atom. The van der Waals surface area contributed by atoms with Crippen LogP contribution in [0.25, 0.3) is 0 Å². The maximum absolute atomic E-state index is 14.2. The number of hydroxylamine groups is 2. The van der Waals surface area contributed by atoms with Gasteiger partial charge in [0.15, 0.2) is 17.1 Å². The van der Waals surface area contributed by atoms with Crippen molar-refractivity contribution in [1.82, 2.24) is 4.65 Å². The van der Waals surface area contributed by atoms with E-state index in [0.717, 1.165) is 12.3 Å². The number of rotatable bonds is 5. The van der Waals surface area contributed by atoms with Crippen LogP contribution in [0.3, 0.4) is 0 Å². The van der Waals surface area contributed by atoms with E-state index in [-0.39, 0.29) is 48.8 Å². The van der Waals surface area contributed by atoms with Gasteiger partial charge in [-0.25, -0.2) is 9.18 Å². The number of carbonyl (C=O) groups is 2. The van der Waals surface area contributed by atoms with Gasteiger partial charge in [-0.05, 0) is 19.1 Å². The molecule has 9 heteroatoms. The molecule has 23 heavy (non-hydrogen) atoms. The molecular formula is C14H16FN2NaO4S. The third-order valence-corrected chi connectivity index (χ3v) is 4.44. The first-order chi connectivity index (χ1) is 10.4. The summed E-state index contributed by atoms with van der Waals surface area (Å²) in [6.07, 6.45) is 0.757. The van der Waals surface area contributed by atoms with E-state index >= 15 is 0 Å². The number of ketones is 1. The first-order valence-corrected chi connectivity index (χ1v) is 7.59. The maximum Gasteiger partial charge on any atom is 1.00 e. The predicted molar refractivity (Wildman–Crippen MR) is 83.0 cm³/mol. The van der Waals surface area contributed by atoms with E-state index in [2.05, 4.69) is 0 Å². The third-order valence-electron chi connectivity index (χ3n) is 3.35. The largest absolute Gasteiger partial charge is 1.00 e. The number of fused-ring (bicyclic) bond motifs is 1. The summed E-state index contributed by atoms with van der Waals surface area (Å²) in [6.45, 7) is 1.71. The van der Waals surface area contributed by atoms with Crippen LogP contribution in [0.15, 0.2) is 28.8 Å². The minimum Gasteiger partial charge on any atom is -1.00 e. The summed E-state index contributed by atoms with van der Waals surface area (Å²) >= 11 is 1.19. The molecular weight excluding hydrogens is 334 g/mol. The molecule has 1 heterocycles. The summed E-state index contributed by atoms with van der Waals surface area (Å²) in [4.78, 5) is 24.0. The molecule has 0 aromatic heterocycles. The summed E-state index contributed by atoms with van der Waals surface area (Å²) < 4.78 is 12.9. The number of nitrogens with zero attached hydrogens (tertiary/aromatic N) is 1. The number of Topliss-reactive ketones (excluding diaryl/α,β-unsaturated/α-hetero) is 1. The van der Waals surface area contributed by atoms with Crippen LogP contribution in [-0.4, -0.2) is 35.7 Å². The number of carboxylic acid groups (broad SMARTS) is 1. The number of carboxylic acids is 1. The Morgan fingerprint density at radius 3 is 2.70 bits per heavy atom. The van der Waals surface area contributed by atoms with Crippen molar-refractivity contribution in [1.29, 1.82) is 0 Å². The number of thioether (sulfide) groups is 1. The molecule has 1 unspecified atom stereocenters. The zero-order valence-electron chi connectivity index (χ0n) is 13.8. The molecule has 6 nitrogen and oxygen atoms in total. The predicted octanol–water partition coefficient (Wildman–Crippen LogP) is -1.02. The van der Waals surface area contributed by atoms with Crippen LogP contribution < -0.4 is 39.9 Å². The van der Waals surface area contributed by atoms with Crippen LogP contribution in [0.5, 0.6) is 0 Å². The number of halogens is 1. The van der Waals surface area contributed by atoms with Crippen LogP contribution in [0.4, 0.5) is 10.1 Å². The molecule has 0 radical (unpaired) electrons. The minimum atomic E-state index is -1.50. The van der Waals surface area contributed by atoms with Crippen molar-refractivity contribution in [3.8, 4) is 0 Å². The van der Waals surface area contributed by atoms with Crippen LogP contribution >= 0.6 is 11.8 Å². The van der Waals surface area contributed by atoms with Crippen molar-refractivity contribution in [2.75, 3.05) is 18.8 Å². The molecule has 0 saturated heterocycles.